The zero-order valence-corrected chi connectivity index (χ0v) is 9.49. The van der Waals surface area contributed by atoms with E-state index >= 15 is 0 Å². The number of amides is 1. The van der Waals surface area contributed by atoms with Gasteiger partial charge in [-0.2, -0.15) is 5.26 Å². The van der Waals surface area contributed by atoms with Crippen molar-refractivity contribution in [3.05, 3.63) is 29.3 Å². The van der Waals surface area contributed by atoms with Gasteiger partial charge in [0.05, 0.1) is 6.07 Å². The van der Waals surface area contributed by atoms with Crippen LogP contribution in [-0.2, 0) is 4.79 Å². The Morgan fingerprint density at radius 3 is 2.75 bits per heavy atom. The molecule has 0 spiro atoms. The van der Waals surface area contributed by atoms with Crippen LogP contribution in [0.4, 0.5) is 0 Å². The van der Waals surface area contributed by atoms with E-state index in [4.69, 9.17) is 21.6 Å². The van der Waals surface area contributed by atoms with Gasteiger partial charge in [-0.25, -0.2) is 0 Å². The molecular weight excluding hydrogens is 228 g/mol. The van der Waals surface area contributed by atoms with Crippen LogP contribution < -0.4 is 10.1 Å². The van der Waals surface area contributed by atoms with Gasteiger partial charge < -0.3 is 10.1 Å². The molecule has 0 heterocycles. The molecule has 0 aliphatic heterocycles. The summed E-state index contributed by atoms with van der Waals surface area (Å²) < 4.78 is 5.19. The number of hydrogen-bond donors (Lipinski definition) is 1. The summed E-state index contributed by atoms with van der Waals surface area (Å²) in [6, 6.07) is 8.07. The molecule has 0 radical (unpaired) electrons. The van der Waals surface area contributed by atoms with Gasteiger partial charge in [0.25, 0.3) is 5.91 Å². The summed E-state index contributed by atoms with van der Waals surface area (Å²) >= 11 is 5.69. The molecule has 0 bridgehead atoms. The summed E-state index contributed by atoms with van der Waals surface area (Å²) in [6.07, 6.45) is 0. The topological polar surface area (TPSA) is 62.1 Å². The molecule has 1 aromatic rings. The van der Waals surface area contributed by atoms with E-state index in [0.717, 1.165) is 0 Å². The average molecular weight is 239 g/mol. The number of halogens is 1. The Bertz CT molecular complexity index is 397. The van der Waals surface area contributed by atoms with E-state index in [1.807, 2.05) is 6.07 Å². The second kappa shape index (κ2) is 5.99. The third-order valence-electron chi connectivity index (χ3n) is 1.75. The summed E-state index contributed by atoms with van der Waals surface area (Å²) in [4.78, 5) is 11.2. The fourth-order valence-electron chi connectivity index (χ4n) is 0.995. The highest BCUT2D eigenvalue weighted by Crippen LogP contribution is 2.15. The van der Waals surface area contributed by atoms with Crippen molar-refractivity contribution in [2.45, 2.75) is 13.0 Å². The van der Waals surface area contributed by atoms with Crippen molar-refractivity contribution in [3.8, 4) is 11.8 Å². The van der Waals surface area contributed by atoms with Crippen molar-refractivity contribution in [3.63, 3.8) is 0 Å². The highest BCUT2D eigenvalue weighted by atomic mass is 35.5. The first-order chi connectivity index (χ1) is 7.61. The third-order valence-corrected chi connectivity index (χ3v) is 2.01. The molecule has 16 heavy (non-hydrogen) atoms. The third kappa shape index (κ3) is 4.20. The summed E-state index contributed by atoms with van der Waals surface area (Å²) in [7, 11) is 0. The summed E-state index contributed by atoms with van der Waals surface area (Å²) in [5, 5.41) is 11.5. The normalized spacial score (nSPS) is 11.3. The Labute approximate surface area is 98.8 Å². The Hall–Kier alpha value is -1.73. The number of benzene rings is 1. The number of hydrogen-bond acceptors (Lipinski definition) is 3. The summed E-state index contributed by atoms with van der Waals surface area (Å²) in [5.74, 6) is 0.230. The second-order valence-corrected chi connectivity index (χ2v) is 3.60. The van der Waals surface area contributed by atoms with Crippen molar-refractivity contribution in [2.75, 3.05) is 6.61 Å². The lowest BCUT2D eigenvalue weighted by Gasteiger charge is -2.08. The van der Waals surface area contributed by atoms with Gasteiger partial charge in [-0.05, 0) is 31.2 Å². The van der Waals surface area contributed by atoms with Crippen LogP contribution >= 0.6 is 11.6 Å². The number of nitrogens with zero attached hydrogens (tertiary/aromatic N) is 1. The van der Waals surface area contributed by atoms with E-state index in [0.29, 0.717) is 10.8 Å². The molecule has 84 valence electrons. The number of nitriles is 1. The largest absolute Gasteiger partial charge is 0.484 e. The first-order valence-electron chi connectivity index (χ1n) is 4.69. The lowest BCUT2D eigenvalue weighted by molar-refractivity contribution is -0.123. The van der Waals surface area contributed by atoms with E-state index in [1.165, 1.54) is 0 Å². The minimum Gasteiger partial charge on any atom is -0.484 e. The van der Waals surface area contributed by atoms with E-state index in [9.17, 15) is 4.79 Å². The van der Waals surface area contributed by atoms with Crippen molar-refractivity contribution >= 4 is 17.5 Å². The molecule has 1 N–H and O–H groups in total. The van der Waals surface area contributed by atoms with E-state index in [-0.39, 0.29) is 12.5 Å². The minimum atomic E-state index is -0.513. The molecule has 0 saturated carbocycles. The van der Waals surface area contributed by atoms with E-state index in [2.05, 4.69) is 5.32 Å². The van der Waals surface area contributed by atoms with Crippen molar-refractivity contribution < 1.29 is 9.53 Å². The van der Waals surface area contributed by atoms with Crippen LogP contribution in [0.15, 0.2) is 24.3 Å². The van der Waals surface area contributed by atoms with Crippen LogP contribution in [0.5, 0.6) is 5.75 Å². The van der Waals surface area contributed by atoms with Gasteiger partial charge in [-0.15, -0.1) is 0 Å². The maximum Gasteiger partial charge on any atom is 0.258 e. The van der Waals surface area contributed by atoms with Crippen LogP contribution in [-0.4, -0.2) is 18.6 Å². The Balaban J connectivity index is 2.38. The van der Waals surface area contributed by atoms with E-state index < -0.39 is 6.04 Å². The number of carbonyl (C=O) groups excluding carboxylic acids is 1. The molecule has 1 atom stereocenters. The number of carbonyl (C=O) groups is 1. The zero-order valence-electron chi connectivity index (χ0n) is 8.74. The molecule has 0 fully saturated rings. The Morgan fingerprint density at radius 2 is 2.19 bits per heavy atom. The van der Waals surface area contributed by atoms with Crippen LogP contribution in [0.1, 0.15) is 6.92 Å². The SMILES string of the molecule is CC(C#N)NC(=O)COc1ccc(Cl)cc1. The molecule has 0 aliphatic carbocycles. The molecule has 1 amide bonds. The first-order valence-corrected chi connectivity index (χ1v) is 5.07. The molecule has 5 heteroatoms. The van der Waals surface area contributed by atoms with Gasteiger partial charge in [0.2, 0.25) is 0 Å². The monoisotopic (exact) mass is 238 g/mol. The van der Waals surface area contributed by atoms with Crippen LogP contribution in [0.2, 0.25) is 5.02 Å². The molecular formula is C11H11ClN2O2. The van der Waals surface area contributed by atoms with Crippen LogP contribution in [0, 0.1) is 11.3 Å². The fourth-order valence-corrected chi connectivity index (χ4v) is 1.12. The highest BCUT2D eigenvalue weighted by Gasteiger charge is 2.06. The molecule has 0 aliphatic rings. The minimum absolute atomic E-state index is 0.117. The lowest BCUT2D eigenvalue weighted by Crippen LogP contribution is -2.35. The van der Waals surface area contributed by atoms with Crippen molar-refractivity contribution in [1.82, 2.24) is 5.32 Å². The molecule has 0 aromatic heterocycles. The van der Waals surface area contributed by atoms with Gasteiger partial charge >= 0.3 is 0 Å². The fraction of sp³-hybridized carbons (Fsp3) is 0.273. The lowest BCUT2D eigenvalue weighted by atomic mass is 10.3. The average Bonchev–Trinajstić information content (AvgIpc) is 2.28. The maximum absolute atomic E-state index is 11.2. The smallest absolute Gasteiger partial charge is 0.258 e. The summed E-state index contributed by atoms with van der Waals surface area (Å²) in [6.45, 7) is 1.48. The standard InChI is InChI=1S/C11H11ClN2O2/c1-8(6-13)14-11(15)7-16-10-4-2-9(12)3-5-10/h2-5,8H,7H2,1H3,(H,14,15). The maximum atomic E-state index is 11.2. The van der Waals surface area contributed by atoms with Crippen molar-refractivity contribution in [1.29, 1.82) is 5.26 Å². The molecule has 1 rings (SSSR count). The zero-order chi connectivity index (χ0) is 12.0. The number of rotatable bonds is 4. The van der Waals surface area contributed by atoms with Gasteiger partial charge in [0.15, 0.2) is 6.61 Å². The predicted octanol–water partition coefficient (Wildman–Crippen LogP) is 1.75. The van der Waals surface area contributed by atoms with Crippen molar-refractivity contribution in [2.24, 2.45) is 0 Å². The van der Waals surface area contributed by atoms with Gasteiger partial charge in [-0.3, -0.25) is 4.79 Å². The van der Waals surface area contributed by atoms with E-state index in [1.54, 1.807) is 31.2 Å². The number of ether oxygens (including phenoxy) is 1. The van der Waals surface area contributed by atoms with Crippen LogP contribution in [0.25, 0.3) is 0 Å². The molecule has 1 unspecified atom stereocenters. The molecule has 0 saturated heterocycles. The number of nitrogens with one attached hydrogen (secondary N) is 1. The quantitative estimate of drug-likeness (QED) is 0.869. The van der Waals surface area contributed by atoms with Gasteiger partial charge in [-0.1, -0.05) is 11.6 Å². The summed E-state index contributed by atoms with van der Waals surface area (Å²) in [5.41, 5.74) is 0. The first kappa shape index (κ1) is 12.3. The van der Waals surface area contributed by atoms with Gasteiger partial charge in [0.1, 0.15) is 11.8 Å². The second-order valence-electron chi connectivity index (χ2n) is 3.16. The van der Waals surface area contributed by atoms with Crippen LogP contribution in [0.3, 0.4) is 0 Å². The highest BCUT2D eigenvalue weighted by molar-refractivity contribution is 6.30. The Kier molecular flexibility index (Phi) is 4.62. The molecule has 1 aromatic carbocycles. The van der Waals surface area contributed by atoms with Gasteiger partial charge in [0, 0.05) is 5.02 Å². The Morgan fingerprint density at radius 1 is 1.56 bits per heavy atom. The molecule has 4 nitrogen and oxygen atoms in total. The predicted molar refractivity (Wildman–Crippen MR) is 60.2 cm³/mol.